The molecule has 0 atom stereocenters. The lowest BCUT2D eigenvalue weighted by atomic mass is 10.0. The van der Waals surface area contributed by atoms with Crippen LogP contribution in [-0.2, 0) is 0 Å². The highest BCUT2D eigenvalue weighted by Crippen LogP contribution is 2.20. The van der Waals surface area contributed by atoms with Gasteiger partial charge in [0.2, 0.25) is 0 Å². The van der Waals surface area contributed by atoms with Gasteiger partial charge in [0.25, 0.3) is 0 Å². The van der Waals surface area contributed by atoms with Crippen LogP contribution in [0, 0.1) is 6.07 Å². The molecule has 95 valence electrons. The zero-order valence-corrected chi connectivity index (χ0v) is 11.2. The minimum absolute atomic E-state index is 1.17. The molecule has 0 aliphatic carbocycles. The SMILES string of the molecule is [c]1cccc(/C=C/c2ccc(-c3ccccc3)cc2)c1. The molecule has 0 bridgehead atoms. The van der Waals surface area contributed by atoms with Crippen LogP contribution in [0.3, 0.4) is 0 Å². The van der Waals surface area contributed by atoms with Gasteiger partial charge in [-0.2, -0.15) is 0 Å². The van der Waals surface area contributed by atoms with E-state index in [4.69, 9.17) is 0 Å². The fraction of sp³-hybridized carbons (Fsp3) is 0. The second-order valence-corrected chi connectivity index (χ2v) is 4.66. The molecule has 0 aliphatic rings. The van der Waals surface area contributed by atoms with Gasteiger partial charge in [-0.25, -0.2) is 0 Å². The zero-order chi connectivity index (χ0) is 13.6. The van der Waals surface area contributed by atoms with Crippen molar-refractivity contribution in [2.24, 2.45) is 0 Å². The highest BCUT2D eigenvalue weighted by Gasteiger charge is 1.95. The van der Waals surface area contributed by atoms with E-state index in [0.29, 0.717) is 0 Å². The molecule has 0 heteroatoms. The summed E-state index contributed by atoms with van der Waals surface area (Å²) < 4.78 is 0. The molecule has 0 nitrogen and oxygen atoms in total. The summed E-state index contributed by atoms with van der Waals surface area (Å²) in [4.78, 5) is 0. The monoisotopic (exact) mass is 255 g/mol. The maximum Gasteiger partial charge on any atom is -0.0178 e. The number of rotatable bonds is 3. The molecule has 0 N–H and O–H groups in total. The van der Waals surface area contributed by atoms with Gasteiger partial charge in [-0.05, 0) is 34.4 Å². The van der Waals surface area contributed by atoms with Crippen LogP contribution in [0.1, 0.15) is 11.1 Å². The fourth-order valence-electron chi connectivity index (χ4n) is 2.12. The molecule has 0 fully saturated rings. The number of benzene rings is 3. The summed E-state index contributed by atoms with van der Waals surface area (Å²) in [6, 6.07) is 30.1. The van der Waals surface area contributed by atoms with Crippen LogP contribution in [0.15, 0.2) is 78.9 Å². The Kier molecular flexibility index (Phi) is 3.75. The smallest absolute Gasteiger partial charge is 0.0178 e. The molecule has 0 saturated heterocycles. The summed E-state index contributed by atoms with van der Waals surface area (Å²) in [6.07, 6.45) is 4.23. The molecule has 0 amide bonds. The Morgan fingerprint density at radius 1 is 0.600 bits per heavy atom. The van der Waals surface area contributed by atoms with Crippen molar-refractivity contribution in [2.45, 2.75) is 0 Å². The van der Waals surface area contributed by atoms with E-state index in [1.165, 1.54) is 22.3 Å². The third-order valence-electron chi connectivity index (χ3n) is 3.22. The number of hydrogen-bond donors (Lipinski definition) is 0. The maximum absolute atomic E-state index is 3.08. The largest absolute Gasteiger partial charge is 0.0622 e. The van der Waals surface area contributed by atoms with Crippen LogP contribution in [0.4, 0.5) is 0 Å². The van der Waals surface area contributed by atoms with Crippen LogP contribution in [-0.4, -0.2) is 0 Å². The molecule has 0 unspecified atom stereocenters. The van der Waals surface area contributed by atoms with Gasteiger partial charge in [0, 0.05) is 0 Å². The van der Waals surface area contributed by atoms with Crippen molar-refractivity contribution in [3.63, 3.8) is 0 Å². The lowest BCUT2D eigenvalue weighted by Crippen LogP contribution is -1.78. The zero-order valence-electron chi connectivity index (χ0n) is 11.2. The Morgan fingerprint density at radius 2 is 1.30 bits per heavy atom. The van der Waals surface area contributed by atoms with Gasteiger partial charge < -0.3 is 0 Å². The van der Waals surface area contributed by atoms with E-state index < -0.39 is 0 Å². The highest BCUT2D eigenvalue weighted by molar-refractivity contribution is 5.72. The second kappa shape index (κ2) is 6.03. The van der Waals surface area contributed by atoms with Gasteiger partial charge in [-0.3, -0.25) is 0 Å². The first kappa shape index (κ1) is 12.4. The topological polar surface area (TPSA) is 0 Å². The third-order valence-corrected chi connectivity index (χ3v) is 3.22. The summed E-state index contributed by atoms with van der Waals surface area (Å²) in [5, 5.41) is 0. The van der Waals surface area contributed by atoms with Gasteiger partial charge in [-0.1, -0.05) is 84.9 Å². The van der Waals surface area contributed by atoms with E-state index in [2.05, 4.69) is 72.8 Å². The van der Waals surface area contributed by atoms with Crippen molar-refractivity contribution in [1.29, 1.82) is 0 Å². The molecule has 0 spiro atoms. The minimum Gasteiger partial charge on any atom is -0.0622 e. The lowest BCUT2D eigenvalue weighted by Gasteiger charge is -2.01. The molecule has 3 aromatic carbocycles. The molecule has 20 heavy (non-hydrogen) atoms. The molecule has 0 saturated carbocycles. The molecule has 3 rings (SSSR count). The lowest BCUT2D eigenvalue weighted by molar-refractivity contribution is 1.60. The molecule has 0 heterocycles. The van der Waals surface area contributed by atoms with Crippen LogP contribution in [0.5, 0.6) is 0 Å². The Bertz CT molecular complexity index is 677. The van der Waals surface area contributed by atoms with Crippen molar-refractivity contribution in [3.8, 4) is 11.1 Å². The van der Waals surface area contributed by atoms with Crippen LogP contribution < -0.4 is 0 Å². The predicted molar refractivity (Wildman–Crippen MR) is 86.1 cm³/mol. The van der Waals surface area contributed by atoms with E-state index >= 15 is 0 Å². The quantitative estimate of drug-likeness (QED) is 0.555. The Labute approximate surface area is 120 Å². The molecular formula is C20H15. The summed E-state index contributed by atoms with van der Waals surface area (Å²) in [5.41, 5.74) is 4.87. The first-order valence-electron chi connectivity index (χ1n) is 6.71. The van der Waals surface area contributed by atoms with Crippen molar-refractivity contribution in [1.82, 2.24) is 0 Å². The van der Waals surface area contributed by atoms with Crippen molar-refractivity contribution in [2.75, 3.05) is 0 Å². The fourth-order valence-corrected chi connectivity index (χ4v) is 2.12. The summed E-state index contributed by atoms with van der Waals surface area (Å²) >= 11 is 0. The van der Waals surface area contributed by atoms with Crippen LogP contribution in [0.25, 0.3) is 23.3 Å². The normalized spacial score (nSPS) is 10.8. The van der Waals surface area contributed by atoms with Crippen molar-refractivity contribution >= 4 is 12.2 Å². The Balaban J connectivity index is 1.79. The molecule has 0 aromatic heterocycles. The first-order chi connectivity index (χ1) is 9.92. The van der Waals surface area contributed by atoms with Gasteiger partial charge >= 0.3 is 0 Å². The van der Waals surface area contributed by atoms with Crippen LogP contribution in [0.2, 0.25) is 0 Å². The summed E-state index contributed by atoms with van der Waals surface area (Å²) in [5.74, 6) is 0. The first-order valence-corrected chi connectivity index (χ1v) is 6.71. The van der Waals surface area contributed by atoms with E-state index in [0.717, 1.165) is 0 Å². The predicted octanol–water partition coefficient (Wildman–Crippen LogP) is 5.32. The Morgan fingerprint density at radius 3 is 2.00 bits per heavy atom. The second-order valence-electron chi connectivity index (χ2n) is 4.66. The van der Waals surface area contributed by atoms with Gasteiger partial charge in [0.1, 0.15) is 0 Å². The van der Waals surface area contributed by atoms with Crippen molar-refractivity contribution < 1.29 is 0 Å². The van der Waals surface area contributed by atoms with E-state index in [1.807, 2.05) is 24.3 Å². The average molecular weight is 255 g/mol. The van der Waals surface area contributed by atoms with Gasteiger partial charge in [-0.15, -0.1) is 0 Å². The van der Waals surface area contributed by atoms with E-state index in [1.54, 1.807) is 0 Å². The van der Waals surface area contributed by atoms with E-state index in [9.17, 15) is 0 Å². The van der Waals surface area contributed by atoms with E-state index in [-0.39, 0.29) is 0 Å². The average Bonchev–Trinajstić information content (AvgIpc) is 2.55. The molecule has 1 radical (unpaired) electrons. The van der Waals surface area contributed by atoms with Gasteiger partial charge in [0.05, 0.1) is 0 Å². The third kappa shape index (κ3) is 3.04. The molecular weight excluding hydrogens is 240 g/mol. The minimum atomic E-state index is 1.17. The van der Waals surface area contributed by atoms with Crippen molar-refractivity contribution in [3.05, 3.63) is 96.1 Å². The highest BCUT2D eigenvalue weighted by atomic mass is 14.0. The summed E-state index contributed by atoms with van der Waals surface area (Å²) in [6.45, 7) is 0. The van der Waals surface area contributed by atoms with Gasteiger partial charge in [0.15, 0.2) is 0 Å². The summed E-state index contributed by atoms with van der Waals surface area (Å²) in [7, 11) is 0. The number of hydrogen-bond acceptors (Lipinski definition) is 0. The standard InChI is InChI=1S/C20H15/c1-3-7-17(8-4-1)11-12-18-13-15-20(16-14-18)19-9-5-2-6-10-19/h1-3,5-16H/b12-11+. The molecule has 0 aliphatic heterocycles. The maximum atomic E-state index is 3.08. The molecule has 3 aromatic rings. The van der Waals surface area contributed by atoms with Crippen LogP contribution >= 0.6 is 0 Å². The Hall–Kier alpha value is -2.60.